The monoisotopic (exact) mass is 318 g/mol. The second kappa shape index (κ2) is 8.48. The molecule has 0 radical (unpaired) electrons. The SMILES string of the molecule is CC1OCCc2c1n(C)c1ccccc21.CN(C)CCCCO. The second-order valence-electron chi connectivity index (χ2n) is 6.44. The summed E-state index contributed by atoms with van der Waals surface area (Å²) in [6.45, 7) is 4.40. The molecule has 2 aromatic rings. The number of hydrogen-bond acceptors (Lipinski definition) is 3. The molecule has 1 aromatic carbocycles. The maximum absolute atomic E-state index is 8.36. The average Bonchev–Trinajstić information content (AvgIpc) is 2.83. The number of aryl methyl sites for hydroxylation is 1. The summed E-state index contributed by atoms with van der Waals surface area (Å²) < 4.78 is 7.97. The van der Waals surface area contributed by atoms with E-state index in [2.05, 4.69) is 47.7 Å². The first kappa shape index (κ1) is 18.0. The number of unbranched alkanes of at least 4 members (excludes halogenated alkanes) is 1. The zero-order valence-corrected chi connectivity index (χ0v) is 14.9. The van der Waals surface area contributed by atoms with Crippen molar-refractivity contribution in [1.82, 2.24) is 9.47 Å². The van der Waals surface area contributed by atoms with Crippen LogP contribution < -0.4 is 0 Å². The van der Waals surface area contributed by atoms with Crippen molar-refractivity contribution < 1.29 is 9.84 Å². The van der Waals surface area contributed by atoms with Gasteiger partial charge in [0, 0.05) is 24.6 Å². The van der Waals surface area contributed by atoms with Crippen molar-refractivity contribution in [2.75, 3.05) is 33.9 Å². The lowest BCUT2D eigenvalue weighted by Crippen LogP contribution is -2.15. The molecule has 0 aliphatic carbocycles. The van der Waals surface area contributed by atoms with Crippen molar-refractivity contribution >= 4 is 10.9 Å². The Balaban J connectivity index is 0.000000207. The molecule has 1 aromatic heterocycles. The number of aliphatic hydroxyl groups excluding tert-OH is 1. The summed E-state index contributed by atoms with van der Waals surface area (Å²) in [6.07, 6.45) is 3.30. The molecule has 1 aliphatic heterocycles. The molecule has 128 valence electrons. The summed E-state index contributed by atoms with van der Waals surface area (Å²) in [5.74, 6) is 0. The molecule has 0 amide bonds. The van der Waals surface area contributed by atoms with Crippen LogP contribution in [-0.2, 0) is 18.2 Å². The number of aromatic nitrogens is 1. The zero-order valence-electron chi connectivity index (χ0n) is 14.9. The molecule has 0 saturated heterocycles. The normalized spacial score (nSPS) is 17.0. The number of rotatable bonds is 4. The van der Waals surface area contributed by atoms with Gasteiger partial charge in [-0.3, -0.25) is 0 Å². The van der Waals surface area contributed by atoms with Crippen LogP contribution in [-0.4, -0.2) is 48.4 Å². The highest BCUT2D eigenvalue weighted by Crippen LogP contribution is 2.34. The fourth-order valence-electron chi connectivity index (χ4n) is 3.23. The minimum atomic E-state index is 0.228. The Morgan fingerprint density at radius 3 is 2.70 bits per heavy atom. The molecule has 4 heteroatoms. The van der Waals surface area contributed by atoms with E-state index in [9.17, 15) is 0 Å². The van der Waals surface area contributed by atoms with Crippen LogP contribution in [0.2, 0.25) is 0 Å². The summed E-state index contributed by atoms with van der Waals surface area (Å²) >= 11 is 0. The third-order valence-corrected chi connectivity index (χ3v) is 4.38. The minimum Gasteiger partial charge on any atom is -0.396 e. The lowest BCUT2D eigenvalue weighted by Gasteiger charge is -2.21. The number of hydrogen-bond donors (Lipinski definition) is 1. The number of ether oxygens (including phenoxy) is 1. The van der Waals surface area contributed by atoms with E-state index in [1.807, 2.05) is 14.1 Å². The van der Waals surface area contributed by atoms with Crippen molar-refractivity contribution in [2.24, 2.45) is 7.05 Å². The fraction of sp³-hybridized carbons (Fsp3) is 0.579. The van der Waals surface area contributed by atoms with Crippen molar-refractivity contribution in [3.8, 4) is 0 Å². The van der Waals surface area contributed by atoms with Gasteiger partial charge in [0.2, 0.25) is 0 Å². The van der Waals surface area contributed by atoms with E-state index in [0.717, 1.165) is 32.4 Å². The fourth-order valence-corrected chi connectivity index (χ4v) is 3.23. The lowest BCUT2D eigenvalue weighted by atomic mass is 10.0. The van der Waals surface area contributed by atoms with Crippen LogP contribution >= 0.6 is 0 Å². The van der Waals surface area contributed by atoms with Crippen molar-refractivity contribution in [3.63, 3.8) is 0 Å². The third-order valence-electron chi connectivity index (χ3n) is 4.38. The molecular weight excluding hydrogens is 288 g/mol. The molecule has 1 aliphatic rings. The van der Waals surface area contributed by atoms with E-state index in [1.54, 1.807) is 0 Å². The van der Waals surface area contributed by atoms with Crippen LogP contribution in [0.15, 0.2) is 24.3 Å². The van der Waals surface area contributed by atoms with Gasteiger partial charge >= 0.3 is 0 Å². The van der Waals surface area contributed by atoms with E-state index in [1.165, 1.54) is 22.2 Å². The van der Waals surface area contributed by atoms with E-state index in [-0.39, 0.29) is 6.10 Å². The summed E-state index contributed by atoms with van der Waals surface area (Å²) in [6, 6.07) is 8.61. The van der Waals surface area contributed by atoms with Gasteiger partial charge in [-0.2, -0.15) is 0 Å². The summed E-state index contributed by atoms with van der Waals surface area (Å²) in [4.78, 5) is 2.12. The Hall–Kier alpha value is -1.36. The maximum atomic E-state index is 8.36. The molecule has 23 heavy (non-hydrogen) atoms. The standard InChI is InChI=1S/C13H15NO.C6H15NO/c1-9-13-11(7-8-15-9)10-5-3-4-6-12(10)14(13)2;1-7(2)5-3-4-6-8/h3-6,9H,7-8H2,1-2H3;8H,3-6H2,1-2H3. The Labute approximate surface area is 139 Å². The summed E-state index contributed by atoms with van der Waals surface area (Å²) in [5, 5.41) is 9.75. The van der Waals surface area contributed by atoms with E-state index >= 15 is 0 Å². The van der Waals surface area contributed by atoms with Gasteiger partial charge in [-0.15, -0.1) is 0 Å². The summed E-state index contributed by atoms with van der Waals surface area (Å²) in [5.41, 5.74) is 4.15. The van der Waals surface area contributed by atoms with Gasteiger partial charge in [0.15, 0.2) is 0 Å². The molecule has 0 fully saturated rings. The summed E-state index contributed by atoms with van der Waals surface area (Å²) in [7, 11) is 6.21. The van der Waals surface area contributed by atoms with Crippen LogP contribution in [0.25, 0.3) is 10.9 Å². The molecule has 1 atom stereocenters. The van der Waals surface area contributed by atoms with Crippen LogP contribution in [0.5, 0.6) is 0 Å². The van der Waals surface area contributed by atoms with E-state index in [0.29, 0.717) is 6.61 Å². The van der Waals surface area contributed by atoms with Crippen LogP contribution in [0, 0.1) is 0 Å². The molecule has 1 N–H and O–H groups in total. The molecular formula is C19H30N2O2. The first-order valence-corrected chi connectivity index (χ1v) is 8.49. The first-order valence-electron chi connectivity index (χ1n) is 8.49. The molecule has 3 rings (SSSR count). The third kappa shape index (κ3) is 4.34. The van der Waals surface area contributed by atoms with Crippen LogP contribution in [0.4, 0.5) is 0 Å². The highest BCUT2D eigenvalue weighted by atomic mass is 16.5. The highest BCUT2D eigenvalue weighted by molar-refractivity contribution is 5.85. The molecule has 0 spiro atoms. The predicted molar refractivity (Wildman–Crippen MR) is 95.9 cm³/mol. The van der Waals surface area contributed by atoms with Gasteiger partial charge in [0.1, 0.15) is 0 Å². The molecule has 1 unspecified atom stereocenters. The smallest absolute Gasteiger partial charge is 0.0949 e. The Morgan fingerprint density at radius 2 is 2.00 bits per heavy atom. The van der Waals surface area contributed by atoms with E-state index in [4.69, 9.17) is 9.84 Å². The van der Waals surface area contributed by atoms with Gasteiger partial charge in [0.05, 0.1) is 18.4 Å². The molecule has 4 nitrogen and oxygen atoms in total. The van der Waals surface area contributed by atoms with Gasteiger partial charge in [-0.25, -0.2) is 0 Å². The van der Waals surface area contributed by atoms with E-state index < -0.39 is 0 Å². The lowest BCUT2D eigenvalue weighted by molar-refractivity contribution is 0.0509. The first-order chi connectivity index (χ1) is 11.1. The average molecular weight is 318 g/mol. The van der Waals surface area contributed by atoms with Crippen molar-refractivity contribution in [1.29, 1.82) is 0 Å². The quantitative estimate of drug-likeness (QED) is 0.880. The number of fused-ring (bicyclic) bond motifs is 3. The Morgan fingerprint density at radius 1 is 1.26 bits per heavy atom. The number of aliphatic hydroxyl groups is 1. The number of benzene rings is 1. The maximum Gasteiger partial charge on any atom is 0.0949 e. The number of nitrogens with zero attached hydrogens (tertiary/aromatic N) is 2. The Kier molecular flexibility index (Phi) is 6.63. The van der Waals surface area contributed by atoms with Crippen molar-refractivity contribution in [2.45, 2.75) is 32.3 Å². The zero-order chi connectivity index (χ0) is 16.8. The van der Waals surface area contributed by atoms with Crippen LogP contribution in [0.3, 0.4) is 0 Å². The number of para-hydroxylation sites is 1. The van der Waals surface area contributed by atoms with Crippen LogP contribution in [0.1, 0.15) is 37.1 Å². The van der Waals surface area contributed by atoms with Gasteiger partial charge < -0.3 is 19.3 Å². The molecule has 2 heterocycles. The molecule has 0 saturated carbocycles. The topological polar surface area (TPSA) is 37.6 Å². The van der Waals surface area contributed by atoms with Crippen molar-refractivity contribution in [3.05, 3.63) is 35.5 Å². The van der Waals surface area contributed by atoms with Gasteiger partial charge in [-0.05, 0) is 58.5 Å². The molecule has 0 bridgehead atoms. The minimum absolute atomic E-state index is 0.228. The second-order valence-corrected chi connectivity index (χ2v) is 6.44. The van der Waals surface area contributed by atoms with Gasteiger partial charge in [-0.1, -0.05) is 18.2 Å². The highest BCUT2D eigenvalue weighted by Gasteiger charge is 2.23. The largest absolute Gasteiger partial charge is 0.396 e. The predicted octanol–water partition coefficient (Wildman–Crippen LogP) is 3.13. The van der Waals surface area contributed by atoms with Gasteiger partial charge in [0.25, 0.3) is 0 Å². The Bertz CT molecular complexity index is 619.